The Morgan fingerprint density at radius 2 is 2.26 bits per heavy atom. The molecular formula is C19H29NO3. The van der Waals surface area contributed by atoms with Crippen molar-refractivity contribution in [3.8, 4) is 0 Å². The number of amides is 1. The maximum atomic E-state index is 12.2. The van der Waals surface area contributed by atoms with Crippen LogP contribution in [0.1, 0.15) is 58.3 Å². The zero-order valence-electron chi connectivity index (χ0n) is 14.3. The fraction of sp³-hybridized carbons (Fsp3) is 0.789. The smallest absolute Gasteiger partial charge is 0.308 e. The number of carbonyl (C=O) groups is 2. The monoisotopic (exact) mass is 319 g/mol. The Labute approximate surface area is 139 Å². The van der Waals surface area contributed by atoms with Gasteiger partial charge in [-0.05, 0) is 62.9 Å². The molecule has 3 aliphatic rings. The summed E-state index contributed by atoms with van der Waals surface area (Å²) in [6.07, 6.45) is 9.86. The largest absolute Gasteiger partial charge is 0.455 e. The van der Waals surface area contributed by atoms with Gasteiger partial charge in [-0.15, -0.1) is 0 Å². The number of ether oxygens (including phenoxy) is 1. The second-order valence-electron chi connectivity index (χ2n) is 7.86. The number of rotatable bonds is 7. The Hall–Kier alpha value is -1.32. The van der Waals surface area contributed by atoms with Gasteiger partial charge in [0.2, 0.25) is 5.91 Å². The van der Waals surface area contributed by atoms with Crippen LogP contribution in [0.3, 0.4) is 0 Å². The van der Waals surface area contributed by atoms with Gasteiger partial charge in [-0.25, -0.2) is 0 Å². The van der Waals surface area contributed by atoms with Gasteiger partial charge in [0.25, 0.3) is 0 Å². The molecule has 1 saturated heterocycles. The molecule has 4 atom stereocenters. The molecule has 3 rings (SSSR count). The zero-order chi connectivity index (χ0) is 16.4. The van der Waals surface area contributed by atoms with Crippen LogP contribution in [-0.4, -0.2) is 35.5 Å². The summed E-state index contributed by atoms with van der Waals surface area (Å²) < 4.78 is 5.76. The number of hydrogen-bond donors (Lipinski definition) is 0. The second-order valence-corrected chi connectivity index (χ2v) is 7.86. The van der Waals surface area contributed by atoms with E-state index in [1.165, 1.54) is 25.7 Å². The highest BCUT2D eigenvalue weighted by atomic mass is 16.6. The second kappa shape index (κ2) is 6.66. The summed E-state index contributed by atoms with van der Waals surface area (Å²) >= 11 is 0. The summed E-state index contributed by atoms with van der Waals surface area (Å²) in [4.78, 5) is 25.6. The molecule has 4 unspecified atom stereocenters. The number of carbonyl (C=O) groups excluding carboxylic acids is 2. The Balaban J connectivity index is 1.48. The van der Waals surface area contributed by atoms with Gasteiger partial charge in [0.05, 0.1) is 6.42 Å². The molecule has 0 aromatic heterocycles. The average Bonchev–Trinajstić information content (AvgIpc) is 3.22. The molecule has 2 saturated carbocycles. The highest BCUT2D eigenvalue weighted by Gasteiger charge is 2.42. The topological polar surface area (TPSA) is 46.6 Å². The number of likely N-dealkylation sites (tertiary alicyclic amines) is 1. The van der Waals surface area contributed by atoms with E-state index < -0.39 is 5.60 Å². The first kappa shape index (κ1) is 16.5. The highest BCUT2D eigenvalue weighted by molar-refractivity contribution is 5.79. The fourth-order valence-corrected chi connectivity index (χ4v) is 4.79. The van der Waals surface area contributed by atoms with E-state index in [-0.39, 0.29) is 18.3 Å². The van der Waals surface area contributed by atoms with E-state index >= 15 is 0 Å². The number of fused-ring (bicyclic) bond motifs is 2. The van der Waals surface area contributed by atoms with Crippen LogP contribution < -0.4 is 0 Å². The minimum Gasteiger partial charge on any atom is -0.455 e. The molecule has 2 aliphatic carbocycles. The molecule has 128 valence electrons. The molecule has 1 heterocycles. The van der Waals surface area contributed by atoms with Gasteiger partial charge in [-0.2, -0.15) is 0 Å². The third kappa shape index (κ3) is 3.78. The first-order chi connectivity index (χ1) is 11.0. The van der Waals surface area contributed by atoms with E-state index in [4.69, 9.17) is 4.74 Å². The minimum atomic E-state index is -0.568. The Bertz CT molecular complexity index is 489. The Morgan fingerprint density at radius 3 is 2.83 bits per heavy atom. The minimum absolute atomic E-state index is 0.159. The third-order valence-corrected chi connectivity index (χ3v) is 6.09. The van der Waals surface area contributed by atoms with Crippen molar-refractivity contribution in [2.24, 2.45) is 17.8 Å². The van der Waals surface area contributed by atoms with Gasteiger partial charge < -0.3 is 9.64 Å². The normalized spacial score (nSPS) is 32.1. The summed E-state index contributed by atoms with van der Waals surface area (Å²) in [6.45, 7) is 7.13. The third-order valence-electron chi connectivity index (χ3n) is 6.09. The van der Waals surface area contributed by atoms with Crippen LogP contribution in [0.25, 0.3) is 0 Å². The molecule has 0 spiro atoms. The highest BCUT2D eigenvalue weighted by Crippen LogP contribution is 2.51. The van der Waals surface area contributed by atoms with Crippen molar-refractivity contribution in [3.05, 3.63) is 12.7 Å². The van der Waals surface area contributed by atoms with E-state index in [0.717, 1.165) is 31.2 Å². The van der Waals surface area contributed by atoms with Crippen molar-refractivity contribution < 1.29 is 14.3 Å². The van der Waals surface area contributed by atoms with Crippen molar-refractivity contribution in [2.45, 2.75) is 63.9 Å². The van der Waals surface area contributed by atoms with E-state index in [1.807, 2.05) is 6.92 Å². The quantitative estimate of drug-likeness (QED) is 0.534. The predicted molar refractivity (Wildman–Crippen MR) is 88.7 cm³/mol. The summed E-state index contributed by atoms with van der Waals surface area (Å²) in [5.74, 6) is 2.34. The van der Waals surface area contributed by atoms with Gasteiger partial charge in [0.15, 0.2) is 0 Å². The SMILES string of the molecule is C=CC(C)(CC1CC2CCC1C2)OC(=O)CCN1CCCC1=O. The van der Waals surface area contributed by atoms with Crippen LogP contribution in [0.15, 0.2) is 12.7 Å². The molecule has 0 aromatic carbocycles. The van der Waals surface area contributed by atoms with Crippen molar-refractivity contribution in [1.82, 2.24) is 4.90 Å². The van der Waals surface area contributed by atoms with E-state index in [2.05, 4.69) is 6.58 Å². The molecule has 0 N–H and O–H groups in total. The van der Waals surface area contributed by atoms with Gasteiger partial charge >= 0.3 is 5.97 Å². The van der Waals surface area contributed by atoms with E-state index in [9.17, 15) is 9.59 Å². The lowest BCUT2D eigenvalue weighted by atomic mass is 9.81. The van der Waals surface area contributed by atoms with Crippen LogP contribution in [0.4, 0.5) is 0 Å². The van der Waals surface area contributed by atoms with Crippen LogP contribution >= 0.6 is 0 Å². The fourth-order valence-electron chi connectivity index (χ4n) is 4.79. The molecule has 4 nitrogen and oxygen atoms in total. The maximum absolute atomic E-state index is 12.2. The Kier molecular flexibility index (Phi) is 4.79. The summed E-state index contributed by atoms with van der Waals surface area (Å²) in [6, 6.07) is 0. The lowest BCUT2D eigenvalue weighted by Crippen LogP contribution is -2.35. The van der Waals surface area contributed by atoms with Crippen molar-refractivity contribution in [3.63, 3.8) is 0 Å². The van der Waals surface area contributed by atoms with Crippen LogP contribution in [0, 0.1) is 17.8 Å². The van der Waals surface area contributed by atoms with Crippen molar-refractivity contribution >= 4 is 11.9 Å². The van der Waals surface area contributed by atoms with Gasteiger partial charge in [0.1, 0.15) is 5.60 Å². The predicted octanol–water partition coefficient (Wildman–Crippen LogP) is 3.31. The molecular weight excluding hydrogens is 290 g/mol. The summed E-state index contributed by atoms with van der Waals surface area (Å²) in [7, 11) is 0. The average molecular weight is 319 g/mol. The lowest BCUT2D eigenvalue weighted by Gasteiger charge is -2.32. The lowest BCUT2D eigenvalue weighted by molar-refractivity contribution is -0.155. The molecule has 3 fully saturated rings. The summed E-state index contributed by atoms with van der Waals surface area (Å²) in [5.41, 5.74) is -0.568. The van der Waals surface area contributed by atoms with Crippen molar-refractivity contribution in [1.29, 1.82) is 0 Å². The molecule has 1 aliphatic heterocycles. The van der Waals surface area contributed by atoms with Crippen LogP contribution in [0.5, 0.6) is 0 Å². The first-order valence-electron chi connectivity index (χ1n) is 9.12. The standard InChI is InChI=1S/C19H29NO3/c1-3-19(2,13-16-12-14-6-7-15(16)11-14)23-18(22)8-10-20-9-4-5-17(20)21/h3,14-16H,1,4-13H2,2H3. The molecule has 23 heavy (non-hydrogen) atoms. The first-order valence-corrected chi connectivity index (χ1v) is 9.12. The number of nitrogens with zero attached hydrogens (tertiary/aromatic N) is 1. The maximum Gasteiger partial charge on any atom is 0.308 e. The molecule has 0 aromatic rings. The van der Waals surface area contributed by atoms with Crippen molar-refractivity contribution in [2.75, 3.05) is 13.1 Å². The number of esters is 1. The van der Waals surface area contributed by atoms with E-state index in [0.29, 0.717) is 18.9 Å². The van der Waals surface area contributed by atoms with Crippen LogP contribution in [0.2, 0.25) is 0 Å². The molecule has 1 amide bonds. The summed E-state index contributed by atoms with van der Waals surface area (Å²) in [5, 5.41) is 0. The van der Waals surface area contributed by atoms with Crippen LogP contribution in [-0.2, 0) is 14.3 Å². The van der Waals surface area contributed by atoms with Gasteiger partial charge in [-0.3, -0.25) is 9.59 Å². The van der Waals surface area contributed by atoms with E-state index in [1.54, 1.807) is 11.0 Å². The molecule has 2 bridgehead atoms. The van der Waals surface area contributed by atoms with Gasteiger partial charge in [0, 0.05) is 19.5 Å². The molecule has 0 radical (unpaired) electrons. The van der Waals surface area contributed by atoms with Gasteiger partial charge in [-0.1, -0.05) is 13.0 Å². The molecule has 4 heteroatoms. The zero-order valence-corrected chi connectivity index (χ0v) is 14.3. The number of hydrogen-bond acceptors (Lipinski definition) is 3. The Morgan fingerprint density at radius 1 is 1.43 bits per heavy atom.